The van der Waals surface area contributed by atoms with Gasteiger partial charge in [0.05, 0.1) is 16.6 Å². The van der Waals surface area contributed by atoms with Gasteiger partial charge < -0.3 is 9.32 Å². The van der Waals surface area contributed by atoms with E-state index in [4.69, 9.17) is 27.6 Å². The van der Waals surface area contributed by atoms with E-state index >= 15 is 0 Å². The maximum atomic E-state index is 12.2. The highest BCUT2D eigenvalue weighted by atomic mass is 35.5. The number of benzene rings is 1. The van der Waals surface area contributed by atoms with Crippen LogP contribution in [0.1, 0.15) is 4.88 Å². The zero-order valence-corrected chi connectivity index (χ0v) is 16.3. The molecule has 0 N–H and O–H groups in total. The summed E-state index contributed by atoms with van der Waals surface area (Å²) in [5, 5.41) is 8.94. The minimum atomic E-state index is -0.0271. The van der Waals surface area contributed by atoms with Gasteiger partial charge in [0, 0.05) is 22.5 Å². The molecule has 0 bridgehead atoms. The summed E-state index contributed by atoms with van der Waals surface area (Å²) in [6.45, 7) is 0.524. The van der Waals surface area contributed by atoms with Crippen molar-refractivity contribution >= 4 is 52.2 Å². The van der Waals surface area contributed by atoms with Gasteiger partial charge in [-0.05, 0) is 36.4 Å². The van der Waals surface area contributed by atoms with E-state index in [-0.39, 0.29) is 11.7 Å². The standard InChI is InChI=1S/C16H13Cl2N3O2S2/c1-21(8-12-6-7-13(18)25-12)14(22)9-24-16-20-19-15(23-16)10-2-4-11(17)5-3-10/h2-7H,8-9H2,1H3. The normalized spacial score (nSPS) is 10.8. The molecule has 0 saturated carbocycles. The molecule has 5 nitrogen and oxygen atoms in total. The number of hydrogen-bond acceptors (Lipinski definition) is 6. The summed E-state index contributed by atoms with van der Waals surface area (Å²) >= 11 is 14.4. The number of thioether (sulfide) groups is 1. The van der Waals surface area contributed by atoms with Crippen molar-refractivity contribution in [1.82, 2.24) is 15.1 Å². The Labute approximate surface area is 162 Å². The highest BCUT2D eigenvalue weighted by Gasteiger charge is 2.14. The molecule has 0 aliphatic carbocycles. The van der Waals surface area contributed by atoms with E-state index in [1.807, 2.05) is 12.1 Å². The Balaban J connectivity index is 1.54. The first-order valence-corrected chi connectivity index (χ1v) is 9.77. The largest absolute Gasteiger partial charge is 0.411 e. The molecule has 3 rings (SSSR count). The fourth-order valence-electron chi connectivity index (χ4n) is 1.97. The van der Waals surface area contributed by atoms with Crippen molar-refractivity contribution in [3.05, 3.63) is 50.6 Å². The van der Waals surface area contributed by atoms with Crippen molar-refractivity contribution in [2.24, 2.45) is 0 Å². The Morgan fingerprint density at radius 2 is 1.96 bits per heavy atom. The first-order chi connectivity index (χ1) is 12.0. The second-order valence-corrected chi connectivity index (χ2v) is 8.29. The van der Waals surface area contributed by atoms with E-state index in [9.17, 15) is 4.79 Å². The van der Waals surface area contributed by atoms with Crippen LogP contribution >= 0.6 is 46.3 Å². The van der Waals surface area contributed by atoms with Crippen molar-refractivity contribution in [2.75, 3.05) is 12.8 Å². The lowest BCUT2D eigenvalue weighted by molar-refractivity contribution is -0.127. The Morgan fingerprint density at radius 1 is 1.20 bits per heavy atom. The lowest BCUT2D eigenvalue weighted by atomic mass is 10.2. The topological polar surface area (TPSA) is 59.2 Å². The van der Waals surface area contributed by atoms with Gasteiger partial charge in [0.1, 0.15) is 0 Å². The lowest BCUT2D eigenvalue weighted by Gasteiger charge is -2.15. The van der Waals surface area contributed by atoms with Crippen LogP contribution in [-0.2, 0) is 11.3 Å². The van der Waals surface area contributed by atoms with Gasteiger partial charge in [0.25, 0.3) is 5.22 Å². The Kier molecular flexibility index (Phi) is 6.01. The molecule has 9 heteroatoms. The number of carbonyl (C=O) groups is 1. The van der Waals surface area contributed by atoms with Gasteiger partial charge in [0.15, 0.2) is 0 Å². The minimum absolute atomic E-state index is 0.0271. The van der Waals surface area contributed by atoms with Gasteiger partial charge in [0.2, 0.25) is 11.8 Å². The second-order valence-electron chi connectivity index (χ2n) is 5.12. The number of hydrogen-bond donors (Lipinski definition) is 0. The molecule has 1 aromatic carbocycles. The zero-order valence-electron chi connectivity index (χ0n) is 13.1. The first-order valence-electron chi connectivity index (χ1n) is 7.21. The minimum Gasteiger partial charge on any atom is -0.411 e. The third-order valence-corrected chi connectivity index (χ3v) is 5.54. The quantitative estimate of drug-likeness (QED) is 0.540. The van der Waals surface area contributed by atoms with Crippen LogP contribution in [0.25, 0.3) is 11.5 Å². The fourth-order valence-corrected chi connectivity index (χ4v) is 3.94. The molecule has 0 aliphatic heterocycles. The first kappa shape index (κ1) is 18.3. The summed E-state index contributed by atoms with van der Waals surface area (Å²) in [6, 6.07) is 10.9. The third-order valence-electron chi connectivity index (χ3n) is 3.26. The van der Waals surface area contributed by atoms with Crippen LogP contribution in [-0.4, -0.2) is 33.8 Å². The number of aromatic nitrogens is 2. The zero-order chi connectivity index (χ0) is 17.8. The maximum Gasteiger partial charge on any atom is 0.277 e. The molecule has 2 heterocycles. The van der Waals surface area contributed by atoms with Crippen LogP contribution in [0.3, 0.4) is 0 Å². The molecule has 1 amide bonds. The molecule has 3 aromatic rings. The van der Waals surface area contributed by atoms with Crippen molar-refractivity contribution in [2.45, 2.75) is 11.8 Å². The van der Waals surface area contributed by atoms with Gasteiger partial charge in [-0.1, -0.05) is 35.0 Å². The van der Waals surface area contributed by atoms with Crippen molar-refractivity contribution in [1.29, 1.82) is 0 Å². The number of nitrogens with zero attached hydrogens (tertiary/aromatic N) is 3. The summed E-state index contributed by atoms with van der Waals surface area (Å²) in [6.07, 6.45) is 0. The average molecular weight is 414 g/mol. The highest BCUT2D eigenvalue weighted by molar-refractivity contribution is 7.99. The van der Waals surface area contributed by atoms with Crippen LogP contribution in [0, 0.1) is 0 Å². The van der Waals surface area contributed by atoms with E-state index in [0.29, 0.717) is 27.0 Å². The van der Waals surface area contributed by atoms with Gasteiger partial charge in [-0.2, -0.15) is 0 Å². The van der Waals surface area contributed by atoms with Crippen LogP contribution in [0.15, 0.2) is 46.0 Å². The van der Waals surface area contributed by atoms with E-state index in [2.05, 4.69) is 10.2 Å². The molecule has 0 saturated heterocycles. The van der Waals surface area contributed by atoms with Crippen molar-refractivity contribution in [3.63, 3.8) is 0 Å². The summed E-state index contributed by atoms with van der Waals surface area (Å²) in [5.74, 6) is 0.590. The molecular weight excluding hydrogens is 401 g/mol. The predicted octanol–water partition coefficient (Wildman–Crippen LogP) is 4.86. The molecule has 0 unspecified atom stereocenters. The molecule has 2 aromatic heterocycles. The van der Waals surface area contributed by atoms with Crippen molar-refractivity contribution in [3.8, 4) is 11.5 Å². The SMILES string of the molecule is CN(Cc1ccc(Cl)s1)C(=O)CSc1nnc(-c2ccc(Cl)cc2)o1. The van der Waals surface area contributed by atoms with Gasteiger partial charge in [-0.25, -0.2) is 0 Å². The predicted molar refractivity (Wildman–Crippen MR) is 101 cm³/mol. The number of thiophene rings is 1. The fraction of sp³-hybridized carbons (Fsp3) is 0.188. The van der Waals surface area contributed by atoms with E-state index in [1.165, 1.54) is 23.1 Å². The second kappa shape index (κ2) is 8.23. The molecular formula is C16H13Cl2N3O2S2. The summed E-state index contributed by atoms with van der Waals surface area (Å²) < 4.78 is 6.29. The molecule has 130 valence electrons. The Hall–Kier alpha value is -1.54. The van der Waals surface area contributed by atoms with Crippen LogP contribution in [0.5, 0.6) is 0 Å². The average Bonchev–Trinajstić information content (AvgIpc) is 3.22. The van der Waals surface area contributed by atoms with Crippen molar-refractivity contribution < 1.29 is 9.21 Å². The van der Waals surface area contributed by atoms with Crippen LogP contribution in [0.4, 0.5) is 0 Å². The number of carbonyl (C=O) groups excluding carboxylic acids is 1. The summed E-state index contributed by atoms with van der Waals surface area (Å²) in [5.41, 5.74) is 0.779. The smallest absolute Gasteiger partial charge is 0.277 e. The molecule has 0 spiro atoms. The van der Waals surface area contributed by atoms with Crippen LogP contribution in [0.2, 0.25) is 9.36 Å². The molecule has 0 aliphatic rings. The number of rotatable bonds is 6. The highest BCUT2D eigenvalue weighted by Crippen LogP contribution is 2.25. The third kappa shape index (κ3) is 4.98. The number of halogens is 2. The Bertz CT molecular complexity index is 864. The van der Waals surface area contributed by atoms with E-state index < -0.39 is 0 Å². The molecule has 25 heavy (non-hydrogen) atoms. The summed E-state index contributed by atoms with van der Waals surface area (Å²) in [4.78, 5) is 14.9. The van der Waals surface area contributed by atoms with Gasteiger partial charge in [-0.3, -0.25) is 4.79 Å². The summed E-state index contributed by atoms with van der Waals surface area (Å²) in [7, 11) is 1.75. The molecule has 0 fully saturated rings. The molecule has 0 radical (unpaired) electrons. The molecule has 0 atom stereocenters. The lowest BCUT2D eigenvalue weighted by Crippen LogP contribution is -2.27. The van der Waals surface area contributed by atoms with Gasteiger partial charge >= 0.3 is 0 Å². The number of amides is 1. The van der Waals surface area contributed by atoms with Crippen LogP contribution < -0.4 is 0 Å². The Morgan fingerprint density at radius 3 is 2.64 bits per heavy atom. The van der Waals surface area contributed by atoms with E-state index in [0.717, 1.165) is 10.4 Å². The van der Waals surface area contributed by atoms with Gasteiger partial charge in [-0.15, -0.1) is 21.5 Å². The monoisotopic (exact) mass is 413 g/mol. The maximum absolute atomic E-state index is 12.2. The van der Waals surface area contributed by atoms with E-state index in [1.54, 1.807) is 36.2 Å².